The molecular weight excluding hydrogens is 266 g/mol. The lowest BCUT2D eigenvalue weighted by molar-refractivity contribution is 0.210. The predicted octanol–water partition coefficient (Wildman–Crippen LogP) is 1.77. The Morgan fingerprint density at radius 3 is 2.38 bits per heavy atom. The maximum atomic E-state index is 6.05. The van der Waals surface area contributed by atoms with E-state index in [1.807, 2.05) is 18.2 Å². The number of hydrogen-bond acceptors (Lipinski definition) is 6. The van der Waals surface area contributed by atoms with Crippen molar-refractivity contribution in [1.29, 1.82) is 0 Å². The van der Waals surface area contributed by atoms with Gasteiger partial charge < -0.3 is 21.1 Å². The van der Waals surface area contributed by atoms with E-state index in [2.05, 4.69) is 32.7 Å². The molecule has 0 radical (unpaired) electrons. The van der Waals surface area contributed by atoms with Gasteiger partial charge in [-0.05, 0) is 12.0 Å². The molecule has 0 aliphatic heterocycles. The van der Waals surface area contributed by atoms with Crippen molar-refractivity contribution in [1.82, 2.24) is 9.97 Å². The smallest absolute Gasteiger partial charge is 0.154 e. The SMILES string of the molecule is COCCNc1ncnc(NCCc2ccccc2)c1N. The summed E-state index contributed by atoms with van der Waals surface area (Å²) in [5.41, 5.74) is 7.86. The molecule has 21 heavy (non-hydrogen) atoms. The summed E-state index contributed by atoms with van der Waals surface area (Å²) >= 11 is 0. The number of anilines is 3. The number of benzene rings is 1. The van der Waals surface area contributed by atoms with Crippen LogP contribution in [0.25, 0.3) is 0 Å². The molecule has 2 rings (SSSR count). The highest BCUT2D eigenvalue weighted by molar-refractivity contribution is 5.73. The number of methoxy groups -OCH3 is 1. The normalized spacial score (nSPS) is 10.3. The zero-order valence-electron chi connectivity index (χ0n) is 12.2. The van der Waals surface area contributed by atoms with Gasteiger partial charge in [-0.15, -0.1) is 0 Å². The van der Waals surface area contributed by atoms with Crippen LogP contribution in [-0.2, 0) is 11.2 Å². The lowest BCUT2D eigenvalue weighted by Crippen LogP contribution is -2.14. The van der Waals surface area contributed by atoms with Crippen molar-refractivity contribution in [3.63, 3.8) is 0 Å². The van der Waals surface area contributed by atoms with Crippen molar-refractivity contribution in [2.45, 2.75) is 6.42 Å². The average molecular weight is 287 g/mol. The maximum absolute atomic E-state index is 6.05. The predicted molar refractivity (Wildman–Crippen MR) is 85.4 cm³/mol. The molecule has 1 aromatic carbocycles. The van der Waals surface area contributed by atoms with Gasteiger partial charge in [0, 0.05) is 20.2 Å². The Hall–Kier alpha value is -2.34. The number of aromatic nitrogens is 2. The Bertz CT molecular complexity index is 547. The molecule has 0 aliphatic carbocycles. The van der Waals surface area contributed by atoms with Crippen molar-refractivity contribution >= 4 is 17.3 Å². The summed E-state index contributed by atoms with van der Waals surface area (Å²) in [7, 11) is 1.65. The van der Waals surface area contributed by atoms with E-state index in [0.717, 1.165) is 13.0 Å². The minimum absolute atomic E-state index is 0.529. The van der Waals surface area contributed by atoms with Crippen LogP contribution in [0.2, 0.25) is 0 Å². The fourth-order valence-corrected chi connectivity index (χ4v) is 1.92. The molecule has 0 bridgehead atoms. The van der Waals surface area contributed by atoms with Gasteiger partial charge in [0.25, 0.3) is 0 Å². The van der Waals surface area contributed by atoms with Crippen LogP contribution in [0.15, 0.2) is 36.7 Å². The average Bonchev–Trinajstić information content (AvgIpc) is 2.52. The van der Waals surface area contributed by atoms with E-state index in [-0.39, 0.29) is 0 Å². The van der Waals surface area contributed by atoms with E-state index in [1.165, 1.54) is 11.9 Å². The molecule has 0 amide bonds. The van der Waals surface area contributed by atoms with E-state index in [0.29, 0.717) is 30.5 Å². The van der Waals surface area contributed by atoms with Crippen LogP contribution in [0.1, 0.15) is 5.56 Å². The molecule has 1 heterocycles. The molecule has 0 aliphatic rings. The molecule has 0 saturated carbocycles. The zero-order valence-corrected chi connectivity index (χ0v) is 12.2. The van der Waals surface area contributed by atoms with Crippen LogP contribution in [0.5, 0.6) is 0 Å². The number of hydrogen-bond donors (Lipinski definition) is 3. The molecule has 6 heteroatoms. The Kier molecular flexibility index (Phi) is 5.78. The lowest BCUT2D eigenvalue weighted by atomic mass is 10.1. The van der Waals surface area contributed by atoms with Gasteiger partial charge in [-0.25, -0.2) is 9.97 Å². The Balaban J connectivity index is 1.89. The fraction of sp³-hybridized carbons (Fsp3) is 0.333. The van der Waals surface area contributed by atoms with Crippen molar-refractivity contribution in [2.24, 2.45) is 0 Å². The van der Waals surface area contributed by atoms with Crippen molar-refractivity contribution in [2.75, 3.05) is 43.2 Å². The van der Waals surface area contributed by atoms with Crippen LogP contribution in [0.3, 0.4) is 0 Å². The van der Waals surface area contributed by atoms with Crippen LogP contribution in [-0.4, -0.2) is 36.8 Å². The molecule has 112 valence electrons. The number of ether oxygens (including phenoxy) is 1. The second-order valence-electron chi connectivity index (χ2n) is 4.57. The van der Waals surface area contributed by atoms with E-state index in [9.17, 15) is 0 Å². The molecule has 2 aromatic rings. The van der Waals surface area contributed by atoms with Crippen LogP contribution < -0.4 is 16.4 Å². The first kappa shape index (κ1) is 15.1. The minimum atomic E-state index is 0.529. The lowest BCUT2D eigenvalue weighted by Gasteiger charge is -2.12. The Morgan fingerprint density at radius 2 is 1.71 bits per heavy atom. The van der Waals surface area contributed by atoms with Crippen LogP contribution in [0.4, 0.5) is 17.3 Å². The molecule has 0 fully saturated rings. The second kappa shape index (κ2) is 8.06. The summed E-state index contributed by atoms with van der Waals surface area (Å²) in [5.74, 6) is 1.28. The number of nitrogens with zero attached hydrogens (tertiary/aromatic N) is 2. The summed E-state index contributed by atoms with van der Waals surface area (Å²) in [4.78, 5) is 8.31. The molecule has 4 N–H and O–H groups in total. The molecule has 0 spiro atoms. The van der Waals surface area contributed by atoms with Crippen LogP contribution in [0, 0.1) is 0 Å². The largest absolute Gasteiger partial charge is 0.393 e. The van der Waals surface area contributed by atoms with Gasteiger partial charge in [-0.1, -0.05) is 30.3 Å². The van der Waals surface area contributed by atoms with E-state index < -0.39 is 0 Å². The highest BCUT2D eigenvalue weighted by Crippen LogP contribution is 2.21. The van der Waals surface area contributed by atoms with Crippen LogP contribution >= 0.6 is 0 Å². The third kappa shape index (κ3) is 4.61. The van der Waals surface area contributed by atoms with Gasteiger partial charge in [-0.3, -0.25) is 0 Å². The standard InChI is InChI=1S/C15H21N5O/c1-21-10-9-18-15-13(16)14(19-11-20-15)17-8-7-12-5-3-2-4-6-12/h2-6,11H,7-10,16H2,1H3,(H2,17,18,19,20). The summed E-state index contributed by atoms with van der Waals surface area (Å²) in [5, 5.41) is 6.37. The third-order valence-corrected chi connectivity index (χ3v) is 3.03. The van der Waals surface area contributed by atoms with Gasteiger partial charge >= 0.3 is 0 Å². The van der Waals surface area contributed by atoms with Crippen molar-refractivity contribution in [3.8, 4) is 0 Å². The first-order chi connectivity index (χ1) is 10.3. The second-order valence-corrected chi connectivity index (χ2v) is 4.57. The van der Waals surface area contributed by atoms with E-state index in [1.54, 1.807) is 7.11 Å². The van der Waals surface area contributed by atoms with E-state index in [4.69, 9.17) is 10.5 Å². The molecule has 1 aromatic heterocycles. The summed E-state index contributed by atoms with van der Waals surface area (Å²) in [6.07, 6.45) is 2.41. The Labute approximate surface area is 124 Å². The number of rotatable bonds is 8. The number of nitrogens with two attached hydrogens (primary N) is 1. The van der Waals surface area contributed by atoms with Crippen molar-refractivity contribution in [3.05, 3.63) is 42.2 Å². The van der Waals surface area contributed by atoms with Gasteiger partial charge in [0.2, 0.25) is 0 Å². The minimum Gasteiger partial charge on any atom is -0.393 e. The number of nitrogen functional groups attached to an aromatic ring is 1. The zero-order chi connectivity index (χ0) is 14.9. The van der Waals surface area contributed by atoms with Gasteiger partial charge in [-0.2, -0.15) is 0 Å². The third-order valence-electron chi connectivity index (χ3n) is 3.03. The van der Waals surface area contributed by atoms with Gasteiger partial charge in [0.05, 0.1) is 6.61 Å². The molecule has 0 unspecified atom stereocenters. The summed E-state index contributed by atoms with van der Waals surface area (Å²) in [6, 6.07) is 10.3. The van der Waals surface area contributed by atoms with Gasteiger partial charge in [0.15, 0.2) is 11.6 Å². The first-order valence-electron chi connectivity index (χ1n) is 6.92. The molecule has 0 saturated heterocycles. The molecule has 0 atom stereocenters. The highest BCUT2D eigenvalue weighted by atomic mass is 16.5. The van der Waals surface area contributed by atoms with Crippen molar-refractivity contribution < 1.29 is 4.74 Å². The van der Waals surface area contributed by atoms with E-state index >= 15 is 0 Å². The maximum Gasteiger partial charge on any atom is 0.154 e. The number of nitrogens with one attached hydrogen (secondary N) is 2. The quantitative estimate of drug-likeness (QED) is 0.642. The van der Waals surface area contributed by atoms with Gasteiger partial charge in [0.1, 0.15) is 12.0 Å². The monoisotopic (exact) mass is 287 g/mol. The molecular formula is C15H21N5O. The topological polar surface area (TPSA) is 85.1 Å². The Morgan fingerprint density at radius 1 is 1.05 bits per heavy atom. The first-order valence-corrected chi connectivity index (χ1v) is 6.92. The summed E-state index contributed by atoms with van der Waals surface area (Å²) in [6.45, 7) is 2.02. The fourth-order valence-electron chi connectivity index (χ4n) is 1.92. The molecule has 6 nitrogen and oxygen atoms in total. The summed E-state index contributed by atoms with van der Waals surface area (Å²) < 4.78 is 4.99. The highest BCUT2D eigenvalue weighted by Gasteiger charge is 2.07.